The van der Waals surface area contributed by atoms with Crippen LogP contribution in [0.25, 0.3) is 12.2 Å². The molecule has 1 aliphatic rings. The summed E-state index contributed by atoms with van der Waals surface area (Å²) in [6, 6.07) is 7.06. The highest BCUT2D eigenvalue weighted by molar-refractivity contribution is 5.71. The van der Waals surface area contributed by atoms with E-state index in [1.165, 1.54) is 0 Å². The first kappa shape index (κ1) is 15.6. The van der Waals surface area contributed by atoms with Gasteiger partial charge < -0.3 is 14.6 Å². The Morgan fingerprint density at radius 1 is 1.13 bits per heavy atom. The monoisotopic (exact) mass is 311 g/mol. The molecule has 1 aromatic heterocycles. The fourth-order valence-corrected chi connectivity index (χ4v) is 2.61. The van der Waals surface area contributed by atoms with Gasteiger partial charge in [0.1, 0.15) is 11.5 Å². The number of pyridine rings is 1. The van der Waals surface area contributed by atoms with Gasteiger partial charge in [-0.05, 0) is 43.2 Å². The molecule has 2 heterocycles. The van der Waals surface area contributed by atoms with Gasteiger partial charge >= 0.3 is 0 Å². The summed E-state index contributed by atoms with van der Waals surface area (Å²) in [7, 11) is 0. The van der Waals surface area contributed by atoms with E-state index in [0.717, 1.165) is 33.8 Å². The first-order chi connectivity index (χ1) is 10.9. The number of aryl methyl sites for hydroxylation is 1. The Balaban J connectivity index is 1.95. The quantitative estimate of drug-likeness (QED) is 0.902. The summed E-state index contributed by atoms with van der Waals surface area (Å²) in [5.74, 6) is 0.480. The van der Waals surface area contributed by atoms with E-state index < -0.39 is 5.79 Å². The lowest BCUT2D eigenvalue weighted by Crippen LogP contribution is -2.36. The molecule has 3 rings (SSSR count). The Bertz CT molecular complexity index is 761. The zero-order valence-electron chi connectivity index (χ0n) is 13.9. The van der Waals surface area contributed by atoms with Crippen LogP contribution in [0.15, 0.2) is 24.3 Å². The SMILES string of the molecule is Cc1nc(/C=C/c2ccc(O)cc2)c(C)c2c1OC(C)(C)OC2. The molecule has 0 saturated heterocycles. The van der Waals surface area contributed by atoms with Crippen molar-refractivity contribution in [2.75, 3.05) is 0 Å². The van der Waals surface area contributed by atoms with Gasteiger partial charge in [0.2, 0.25) is 5.79 Å². The Hall–Kier alpha value is -2.33. The summed E-state index contributed by atoms with van der Waals surface area (Å²) in [4.78, 5) is 4.67. The number of aromatic nitrogens is 1. The number of phenolic OH excluding ortho intramolecular Hbond substituents is 1. The number of nitrogens with zero attached hydrogens (tertiary/aromatic N) is 1. The molecule has 0 spiro atoms. The van der Waals surface area contributed by atoms with Gasteiger partial charge in [-0.25, -0.2) is 4.98 Å². The molecule has 120 valence electrons. The molecule has 0 atom stereocenters. The standard InChI is InChI=1S/C19H21NO3/c1-12-16-11-22-19(3,4)23-18(16)13(2)20-17(12)10-7-14-5-8-15(21)9-6-14/h5-10,21H,11H2,1-4H3/b10-7+. The second kappa shape index (κ2) is 5.70. The van der Waals surface area contributed by atoms with E-state index in [-0.39, 0.29) is 5.75 Å². The molecule has 0 radical (unpaired) electrons. The number of benzene rings is 1. The molecule has 2 aromatic rings. The van der Waals surface area contributed by atoms with E-state index >= 15 is 0 Å². The van der Waals surface area contributed by atoms with E-state index in [1.807, 2.05) is 52.0 Å². The van der Waals surface area contributed by atoms with Crippen LogP contribution in [0, 0.1) is 13.8 Å². The zero-order valence-corrected chi connectivity index (χ0v) is 13.9. The van der Waals surface area contributed by atoms with Crippen LogP contribution in [0.3, 0.4) is 0 Å². The minimum Gasteiger partial charge on any atom is -0.508 e. The minimum atomic E-state index is -0.616. The highest BCUT2D eigenvalue weighted by atomic mass is 16.7. The summed E-state index contributed by atoms with van der Waals surface area (Å²) in [5.41, 5.74) is 4.90. The largest absolute Gasteiger partial charge is 0.508 e. The summed E-state index contributed by atoms with van der Waals surface area (Å²) in [5, 5.41) is 9.33. The van der Waals surface area contributed by atoms with Crippen LogP contribution in [-0.4, -0.2) is 15.9 Å². The second-order valence-electron chi connectivity index (χ2n) is 6.23. The highest BCUT2D eigenvalue weighted by Crippen LogP contribution is 2.36. The molecule has 1 aromatic carbocycles. The Kier molecular flexibility index (Phi) is 3.86. The van der Waals surface area contributed by atoms with Crippen LogP contribution in [-0.2, 0) is 11.3 Å². The molecule has 0 bridgehead atoms. The summed E-state index contributed by atoms with van der Waals surface area (Å²) >= 11 is 0. The number of fused-ring (bicyclic) bond motifs is 1. The van der Waals surface area contributed by atoms with E-state index in [1.54, 1.807) is 12.1 Å². The lowest BCUT2D eigenvalue weighted by Gasteiger charge is -2.34. The van der Waals surface area contributed by atoms with Crippen molar-refractivity contribution in [2.24, 2.45) is 0 Å². The van der Waals surface area contributed by atoms with Crippen molar-refractivity contribution in [2.45, 2.75) is 40.1 Å². The first-order valence-corrected chi connectivity index (χ1v) is 7.66. The van der Waals surface area contributed by atoms with Crippen molar-refractivity contribution in [3.05, 3.63) is 52.3 Å². The lowest BCUT2D eigenvalue weighted by molar-refractivity contribution is -0.180. The predicted octanol–water partition coefficient (Wildman–Crippen LogP) is 4.22. The van der Waals surface area contributed by atoms with Crippen LogP contribution < -0.4 is 4.74 Å². The molecular weight excluding hydrogens is 290 g/mol. The summed E-state index contributed by atoms with van der Waals surface area (Å²) in [6.45, 7) is 8.33. The van der Waals surface area contributed by atoms with Crippen molar-refractivity contribution in [3.8, 4) is 11.5 Å². The van der Waals surface area contributed by atoms with Gasteiger partial charge in [0.05, 0.1) is 18.0 Å². The highest BCUT2D eigenvalue weighted by Gasteiger charge is 2.30. The number of aromatic hydroxyl groups is 1. The van der Waals surface area contributed by atoms with Gasteiger partial charge in [0.25, 0.3) is 0 Å². The van der Waals surface area contributed by atoms with Gasteiger partial charge in [0.15, 0.2) is 0 Å². The fraction of sp³-hybridized carbons (Fsp3) is 0.316. The van der Waals surface area contributed by atoms with E-state index in [0.29, 0.717) is 6.61 Å². The number of ether oxygens (including phenoxy) is 2. The Morgan fingerprint density at radius 2 is 1.83 bits per heavy atom. The second-order valence-corrected chi connectivity index (χ2v) is 6.23. The maximum atomic E-state index is 9.33. The van der Waals surface area contributed by atoms with Crippen molar-refractivity contribution < 1.29 is 14.6 Å². The first-order valence-electron chi connectivity index (χ1n) is 7.66. The molecule has 0 unspecified atom stereocenters. The summed E-state index contributed by atoms with van der Waals surface area (Å²) in [6.07, 6.45) is 3.96. The number of rotatable bonds is 2. The van der Waals surface area contributed by atoms with Crippen molar-refractivity contribution >= 4 is 12.2 Å². The molecule has 4 heteroatoms. The molecule has 4 nitrogen and oxygen atoms in total. The average molecular weight is 311 g/mol. The Labute approximate surface area is 136 Å². The van der Waals surface area contributed by atoms with Crippen LogP contribution in [0.5, 0.6) is 11.5 Å². The van der Waals surface area contributed by atoms with Crippen molar-refractivity contribution in [1.82, 2.24) is 4.98 Å². The number of hydrogen-bond donors (Lipinski definition) is 1. The molecule has 1 N–H and O–H groups in total. The van der Waals surface area contributed by atoms with Crippen molar-refractivity contribution in [1.29, 1.82) is 0 Å². The van der Waals surface area contributed by atoms with Gasteiger partial charge in [-0.3, -0.25) is 0 Å². The van der Waals surface area contributed by atoms with Gasteiger partial charge in [-0.2, -0.15) is 0 Å². The van der Waals surface area contributed by atoms with Crippen LogP contribution in [0.4, 0.5) is 0 Å². The van der Waals surface area contributed by atoms with Crippen LogP contribution in [0.2, 0.25) is 0 Å². The summed E-state index contributed by atoms with van der Waals surface area (Å²) < 4.78 is 11.7. The number of phenols is 1. The van der Waals surface area contributed by atoms with E-state index in [2.05, 4.69) is 4.98 Å². The normalized spacial score (nSPS) is 16.2. The van der Waals surface area contributed by atoms with Gasteiger partial charge in [0, 0.05) is 19.4 Å². The molecule has 23 heavy (non-hydrogen) atoms. The maximum absolute atomic E-state index is 9.33. The fourth-order valence-electron chi connectivity index (χ4n) is 2.61. The van der Waals surface area contributed by atoms with Gasteiger partial charge in [-0.1, -0.05) is 18.2 Å². The molecule has 0 fully saturated rings. The van der Waals surface area contributed by atoms with Gasteiger partial charge in [-0.15, -0.1) is 0 Å². The lowest BCUT2D eigenvalue weighted by atomic mass is 10.0. The predicted molar refractivity (Wildman–Crippen MR) is 90.2 cm³/mol. The third-order valence-corrected chi connectivity index (χ3v) is 3.97. The topological polar surface area (TPSA) is 51.6 Å². The maximum Gasteiger partial charge on any atom is 0.205 e. The smallest absolute Gasteiger partial charge is 0.205 e. The zero-order chi connectivity index (χ0) is 16.6. The van der Waals surface area contributed by atoms with Crippen LogP contribution in [0.1, 0.15) is 41.9 Å². The third kappa shape index (κ3) is 3.22. The average Bonchev–Trinajstić information content (AvgIpc) is 2.50. The molecule has 0 saturated carbocycles. The Morgan fingerprint density at radius 3 is 2.52 bits per heavy atom. The molecular formula is C19H21NO3. The minimum absolute atomic E-state index is 0.262. The molecule has 0 amide bonds. The molecule has 1 aliphatic heterocycles. The van der Waals surface area contributed by atoms with E-state index in [9.17, 15) is 5.11 Å². The third-order valence-electron chi connectivity index (χ3n) is 3.97. The van der Waals surface area contributed by atoms with Crippen molar-refractivity contribution in [3.63, 3.8) is 0 Å². The number of hydrogen-bond acceptors (Lipinski definition) is 4. The van der Waals surface area contributed by atoms with E-state index in [4.69, 9.17) is 9.47 Å². The van der Waals surface area contributed by atoms with Crippen LogP contribution >= 0.6 is 0 Å². The molecule has 0 aliphatic carbocycles.